The molecule has 0 radical (unpaired) electrons. The molecule has 10 heteroatoms. The number of nitrogens with one attached hydrogen (secondary N) is 1. The van der Waals surface area contributed by atoms with Crippen LogP contribution >= 0.6 is 0 Å². The number of halogens is 1. The summed E-state index contributed by atoms with van der Waals surface area (Å²) in [5.74, 6) is 1.99. The largest absolute Gasteiger partial charge is 0.353 e. The van der Waals surface area contributed by atoms with Crippen molar-refractivity contribution in [1.29, 1.82) is 0 Å². The van der Waals surface area contributed by atoms with E-state index in [1.54, 1.807) is 30.7 Å². The standard InChI is InChI=1S/C22H23FN8O/c23-17-14-31(15-17)20-5-4-16(11-25-20)21(32)28-18-12-26-22(27-13-18)30-9-7-29(8-10-30)19-3-1-2-6-24-19/h1-6,11-13,17H,7-10,14-15H2,(H,28,32). The van der Waals surface area contributed by atoms with Crippen molar-refractivity contribution in [2.45, 2.75) is 6.17 Å². The van der Waals surface area contributed by atoms with Crippen LogP contribution in [0.4, 0.5) is 27.7 Å². The number of pyridine rings is 2. The van der Waals surface area contributed by atoms with Crippen LogP contribution in [0.15, 0.2) is 55.1 Å². The lowest BCUT2D eigenvalue weighted by Crippen LogP contribution is -2.48. The number of nitrogens with zero attached hydrogens (tertiary/aromatic N) is 7. The number of hydrogen-bond acceptors (Lipinski definition) is 8. The van der Waals surface area contributed by atoms with E-state index >= 15 is 0 Å². The molecule has 5 heterocycles. The minimum absolute atomic E-state index is 0.295. The molecule has 9 nitrogen and oxygen atoms in total. The molecule has 3 aromatic heterocycles. The quantitative estimate of drug-likeness (QED) is 0.652. The van der Waals surface area contributed by atoms with Gasteiger partial charge in [-0.2, -0.15) is 0 Å². The highest BCUT2D eigenvalue weighted by Gasteiger charge is 2.27. The fourth-order valence-electron chi connectivity index (χ4n) is 3.75. The highest BCUT2D eigenvalue weighted by molar-refractivity contribution is 6.04. The van der Waals surface area contributed by atoms with Crippen LogP contribution in [0, 0.1) is 0 Å². The van der Waals surface area contributed by atoms with Gasteiger partial charge in [0.25, 0.3) is 5.91 Å². The third-order valence-corrected chi connectivity index (χ3v) is 5.60. The number of hydrogen-bond donors (Lipinski definition) is 1. The smallest absolute Gasteiger partial charge is 0.257 e. The zero-order valence-electron chi connectivity index (χ0n) is 17.4. The second-order valence-electron chi connectivity index (χ2n) is 7.80. The first kappa shape index (κ1) is 20.1. The SMILES string of the molecule is O=C(Nc1cnc(N2CCN(c3ccccn3)CC2)nc1)c1ccc(N2CC(F)C2)nc1. The van der Waals surface area contributed by atoms with Crippen molar-refractivity contribution in [3.63, 3.8) is 0 Å². The molecule has 5 rings (SSSR count). The van der Waals surface area contributed by atoms with E-state index in [2.05, 4.69) is 35.1 Å². The molecule has 2 aliphatic rings. The fraction of sp³-hybridized carbons (Fsp3) is 0.318. The first-order valence-electron chi connectivity index (χ1n) is 10.5. The zero-order valence-corrected chi connectivity index (χ0v) is 17.4. The van der Waals surface area contributed by atoms with Crippen molar-refractivity contribution >= 4 is 29.2 Å². The van der Waals surface area contributed by atoms with E-state index in [1.807, 2.05) is 23.1 Å². The van der Waals surface area contributed by atoms with Crippen molar-refractivity contribution in [1.82, 2.24) is 19.9 Å². The second kappa shape index (κ2) is 8.74. The van der Waals surface area contributed by atoms with Crippen LogP contribution in [0.25, 0.3) is 0 Å². The molecule has 0 saturated carbocycles. The maximum absolute atomic E-state index is 13.0. The van der Waals surface area contributed by atoms with Gasteiger partial charge in [-0.05, 0) is 24.3 Å². The second-order valence-corrected chi connectivity index (χ2v) is 7.80. The normalized spacial score (nSPS) is 16.6. The highest BCUT2D eigenvalue weighted by atomic mass is 19.1. The molecule has 1 amide bonds. The van der Waals surface area contributed by atoms with Gasteiger partial charge in [-0.1, -0.05) is 6.07 Å². The van der Waals surface area contributed by atoms with Crippen LogP contribution < -0.4 is 20.0 Å². The number of carbonyl (C=O) groups excluding carboxylic acids is 1. The predicted molar refractivity (Wildman–Crippen MR) is 120 cm³/mol. The summed E-state index contributed by atoms with van der Waals surface area (Å²) in [6, 6.07) is 9.32. The minimum atomic E-state index is -0.799. The number of alkyl halides is 1. The first-order chi connectivity index (χ1) is 15.7. The average Bonchev–Trinajstić information content (AvgIpc) is 2.83. The van der Waals surface area contributed by atoms with Crippen LogP contribution in [-0.4, -0.2) is 71.3 Å². The van der Waals surface area contributed by atoms with Crippen LogP contribution in [-0.2, 0) is 0 Å². The molecule has 164 valence electrons. The molecule has 0 bridgehead atoms. The number of anilines is 4. The maximum Gasteiger partial charge on any atom is 0.257 e. The van der Waals surface area contributed by atoms with Gasteiger partial charge < -0.3 is 20.0 Å². The Hall–Kier alpha value is -3.82. The molecule has 2 aliphatic heterocycles. The maximum atomic E-state index is 13.0. The van der Waals surface area contributed by atoms with Crippen molar-refractivity contribution in [2.75, 3.05) is 59.3 Å². The summed E-state index contributed by atoms with van der Waals surface area (Å²) in [6.45, 7) is 3.96. The summed E-state index contributed by atoms with van der Waals surface area (Å²) >= 11 is 0. The third kappa shape index (κ3) is 4.29. The molecule has 0 aromatic carbocycles. The summed E-state index contributed by atoms with van der Waals surface area (Å²) in [5, 5.41) is 2.79. The summed E-state index contributed by atoms with van der Waals surface area (Å²) in [6.07, 6.45) is 5.71. The average molecular weight is 434 g/mol. The summed E-state index contributed by atoms with van der Waals surface area (Å²) < 4.78 is 13.0. The Kier molecular flexibility index (Phi) is 5.49. The Morgan fingerprint density at radius 3 is 2.19 bits per heavy atom. The monoisotopic (exact) mass is 434 g/mol. The Bertz CT molecular complexity index is 1050. The molecular formula is C22H23FN8O. The number of aromatic nitrogens is 4. The van der Waals surface area contributed by atoms with E-state index in [0.717, 1.165) is 32.0 Å². The Labute approximate surface area is 184 Å². The molecule has 0 atom stereocenters. The molecule has 1 N–H and O–H groups in total. The molecule has 2 saturated heterocycles. The lowest BCUT2D eigenvalue weighted by Gasteiger charge is -2.35. The number of amides is 1. The van der Waals surface area contributed by atoms with Gasteiger partial charge in [-0.3, -0.25) is 4.79 Å². The number of carbonyl (C=O) groups is 1. The molecule has 0 unspecified atom stereocenters. The van der Waals surface area contributed by atoms with Gasteiger partial charge >= 0.3 is 0 Å². The van der Waals surface area contributed by atoms with E-state index in [4.69, 9.17) is 0 Å². The third-order valence-electron chi connectivity index (χ3n) is 5.60. The molecule has 32 heavy (non-hydrogen) atoms. The molecular weight excluding hydrogens is 411 g/mol. The van der Waals surface area contributed by atoms with Gasteiger partial charge in [-0.25, -0.2) is 24.3 Å². The lowest BCUT2D eigenvalue weighted by molar-refractivity contribution is 0.102. The lowest BCUT2D eigenvalue weighted by atomic mass is 10.2. The summed E-state index contributed by atoms with van der Waals surface area (Å²) in [7, 11) is 0. The van der Waals surface area contributed by atoms with Crippen LogP contribution in [0.3, 0.4) is 0 Å². The summed E-state index contributed by atoms with van der Waals surface area (Å²) in [4.78, 5) is 36.2. The number of rotatable bonds is 5. The molecule has 3 aromatic rings. The van der Waals surface area contributed by atoms with E-state index in [1.165, 1.54) is 6.20 Å². The molecule has 2 fully saturated rings. The molecule has 0 spiro atoms. The topological polar surface area (TPSA) is 90.4 Å². The van der Waals surface area contributed by atoms with E-state index < -0.39 is 6.17 Å². The minimum Gasteiger partial charge on any atom is -0.353 e. The van der Waals surface area contributed by atoms with E-state index in [0.29, 0.717) is 36.1 Å². The predicted octanol–water partition coefficient (Wildman–Crippen LogP) is 2.00. The van der Waals surface area contributed by atoms with Crippen LogP contribution in [0.1, 0.15) is 10.4 Å². The van der Waals surface area contributed by atoms with Crippen molar-refractivity contribution in [2.24, 2.45) is 0 Å². The number of piperazine rings is 1. The van der Waals surface area contributed by atoms with Gasteiger partial charge in [0.2, 0.25) is 5.95 Å². The van der Waals surface area contributed by atoms with Gasteiger partial charge in [0.1, 0.15) is 17.8 Å². The van der Waals surface area contributed by atoms with Crippen molar-refractivity contribution in [3.05, 3.63) is 60.7 Å². The molecule has 0 aliphatic carbocycles. The summed E-state index contributed by atoms with van der Waals surface area (Å²) in [5.41, 5.74) is 0.929. The van der Waals surface area contributed by atoms with E-state index in [9.17, 15) is 9.18 Å². The Morgan fingerprint density at radius 2 is 1.56 bits per heavy atom. The fourth-order valence-corrected chi connectivity index (χ4v) is 3.75. The zero-order chi connectivity index (χ0) is 21.9. The van der Waals surface area contributed by atoms with Gasteiger partial charge in [0, 0.05) is 38.6 Å². The highest BCUT2D eigenvalue weighted by Crippen LogP contribution is 2.21. The van der Waals surface area contributed by atoms with Crippen molar-refractivity contribution < 1.29 is 9.18 Å². The Morgan fingerprint density at radius 1 is 0.844 bits per heavy atom. The van der Waals surface area contributed by atoms with Gasteiger partial charge in [0.15, 0.2) is 0 Å². The Balaban J connectivity index is 1.15. The van der Waals surface area contributed by atoms with Gasteiger partial charge in [0.05, 0.1) is 36.7 Å². The van der Waals surface area contributed by atoms with Crippen LogP contribution in [0.5, 0.6) is 0 Å². The van der Waals surface area contributed by atoms with Crippen molar-refractivity contribution in [3.8, 4) is 0 Å². The van der Waals surface area contributed by atoms with Gasteiger partial charge in [-0.15, -0.1) is 0 Å². The van der Waals surface area contributed by atoms with E-state index in [-0.39, 0.29) is 5.91 Å². The van der Waals surface area contributed by atoms with Crippen LogP contribution in [0.2, 0.25) is 0 Å². The first-order valence-corrected chi connectivity index (χ1v) is 10.5.